The maximum Gasteiger partial charge on any atom is 0.219 e. The zero-order valence-corrected chi connectivity index (χ0v) is 12.8. The van der Waals surface area contributed by atoms with Gasteiger partial charge >= 0.3 is 0 Å². The first-order valence-corrected chi connectivity index (χ1v) is 8.16. The summed E-state index contributed by atoms with van der Waals surface area (Å²) in [6.45, 7) is 3.96. The summed E-state index contributed by atoms with van der Waals surface area (Å²) in [6.07, 6.45) is 8.38. The summed E-state index contributed by atoms with van der Waals surface area (Å²) in [7, 11) is 0. The van der Waals surface area contributed by atoms with Crippen LogP contribution < -0.4 is 5.32 Å². The molecule has 2 aromatic rings. The SMILES string of the molecule is CCCC(=O)NCCCc1cn2c3c(cccc13)CCC2. The van der Waals surface area contributed by atoms with Gasteiger partial charge < -0.3 is 9.88 Å². The van der Waals surface area contributed by atoms with Crippen molar-refractivity contribution in [1.82, 2.24) is 9.88 Å². The summed E-state index contributed by atoms with van der Waals surface area (Å²) in [5, 5.41) is 4.41. The van der Waals surface area contributed by atoms with Crippen LogP contribution in [0.1, 0.15) is 43.7 Å². The monoisotopic (exact) mass is 284 g/mol. The molecule has 0 saturated heterocycles. The highest BCUT2D eigenvalue weighted by atomic mass is 16.1. The van der Waals surface area contributed by atoms with Crippen molar-refractivity contribution in [1.29, 1.82) is 0 Å². The van der Waals surface area contributed by atoms with Crippen molar-refractivity contribution in [3.8, 4) is 0 Å². The van der Waals surface area contributed by atoms with E-state index in [1.807, 2.05) is 6.92 Å². The topological polar surface area (TPSA) is 34.0 Å². The Bertz CT molecular complexity index is 642. The van der Waals surface area contributed by atoms with Gasteiger partial charge in [0, 0.05) is 31.1 Å². The lowest BCUT2D eigenvalue weighted by Gasteiger charge is -2.14. The summed E-state index contributed by atoms with van der Waals surface area (Å²) >= 11 is 0. The summed E-state index contributed by atoms with van der Waals surface area (Å²) in [6, 6.07) is 6.68. The van der Waals surface area contributed by atoms with E-state index in [0.717, 1.165) is 32.4 Å². The molecule has 0 spiro atoms. The molecule has 3 heteroatoms. The molecule has 3 rings (SSSR count). The second-order valence-corrected chi connectivity index (χ2v) is 5.97. The zero-order chi connectivity index (χ0) is 14.7. The van der Waals surface area contributed by atoms with Crippen molar-refractivity contribution in [2.24, 2.45) is 0 Å². The maximum atomic E-state index is 11.5. The Labute approximate surface area is 126 Å². The first kappa shape index (κ1) is 14.2. The first-order chi connectivity index (χ1) is 10.3. The average Bonchev–Trinajstić information content (AvgIpc) is 2.85. The minimum atomic E-state index is 0.181. The molecule has 0 bridgehead atoms. The summed E-state index contributed by atoms with van der Waals surface area (Å²) < 4.78 is 2.42. The molecule has 0 unspecified atom stereocenters. The van der Waals surface area contributed by atoms with Crippen molar-refractivity contribution < 1.29 is 4.79 Å². The molecule has 1 N–H and O–H groups in total. The van der Waals surface area contributed by atoms with E-state index in [1.165, 1.54) is 34.9 Å². The highest BCUT2D eigenvalue weighted by Crippen LogP contribution is 2.29. The van der Waals surface area contributed by atoms with Crippen molar-refractivity contribution >= 4 is 16.8 Å². The molecule has 0 radical (unpaired) electrons. The number of hydrogen-bond acceptors (Lipinski definition) is 1. The zero-order valence-electron chi connectivity index (χ0n) is 12.8. The molecule has 0 atom stereocenters. The second-order valence-electron chi connectivity index (χ2n) is 5.97. The van der Waals surface area contributed by atoms with Crippen LogP contribution in [0, 0.1) is 0 Å². The molecular formula is C18H24N2O. The molecule has 112 valence electrons. The third kappa shape index (κ3) is 2.97. The van der Waals surface area contributed by atoms with Crippen LogP contribution in [-0.4, -0.2) is 17.0 Å². The van der Waals surface area contributed by atoms with Gasteiger partial charge in [0.25, 0.3) is 0 Å². The Kier molecular flexibility index (Phi) is 4.28. The number of carbonyl (C=O) groups is 1. The van der Waals surface area contributed by atoms with Gasteiger partial charge in [-0.1, -0.05) is 25.1 Å². The Morgan fingerprint density at radius 2 is 2.29 bits per heavy atom. The van der Waals surface area contributed by atoms with Crippen LogP contribution in [0.15, 0.2) is 24.4 Å². The number of nitrogens with one attached hydrogen (secondary N) is 1. The van der Waals surface area contributed by atoms with Crippen LogP contribution in [-0.2, 0) is 24.2 Å². The van der Waals surface area contributed by atoms with Crippen LogP contribution >= 0.6 is 0 Å². The predicted molar refractivity (Wildman–Crippen MR) is 86.5 cm³/mol. The molecule has 21 heavy (non-hydrogen) atoms. The number of nitrogens with zero attached hydrogens (tertiary/aromatic N) is 1. The lowest BCUT2D eigenvalue weighted by Crippen LogP contribution is -2.24. The van der Waals surface area contributed by atoms with Gasteiger partial charge in [-0.25, -0.2) is 0 Å². The number of amides is 1. The second kappa shape index (κ2) is 6.33. The summed E-state index contributed by atoms with van der Waals surface area (Å²) in [5.41, 5.74) is 4.36. The highest BCUT2D eigenvalue weighted by Gasteiger charge is 2.15. The van der Waals surface area contributed by atoms with Crippen molar-refractivity contribution in [2.45, 2.75) is 52.0 Å². The van der Waals surface area contributed by atoms with Crippen LogP contribution in [0.4, 0.5) is 0 Å². The molecule has 1 aromatic heterocycles. The molecule has 1 aliphatic heterocycles. The number of para-hydroxylation sites is 1. The number of rotatable bonds is 6. The number of hydrogen-bond donors (Lipinski definition) is 1. The van der Waals surface area contributed by atoms with E-state index in [0.29, 0.717) is 6.42 Å². The van der Waals surface area contributed by atoms with Gasteiger partial charge in [0.15, 0.2) is 0 Å². The van der Waals surface area contributed by atoms with E-state index < -0.39 is 0 Å². The molecule has 0 fully saturated rings. The first-order valence-electron chi connectivity index (χ1n) is 8.16. The van der Waals surface area contributed by atoms with Gasteiger partial charge in [-0.05, 0) is 43.2 Å². The Morgan fingerprint density at radius 1 is 1.38 bits per heavy atom. The van der Waals surface area contributed by atoms with Gasteiger partial charge in [-0.15, -0.1) is 0 Å². The number of aryl methyl sites for hydroxylation is 3. The van der Waals surface area contributed by atoms with Gasteiger partial charge in [-0.3, -0.25) is 4.79 Å². The lowest BCUT2D eigenvalue weighted by molar-refractivity contribution is -0.121. The van der Waals surface area contributed by atoms with Gasteiger partial charge in [0.1, 0.15) is 0 Å². The van der Waals surface area contributed by atoms with E-state index in [1.54, 1.807) is 0 Å². The predicted octanol–water partition coefficient (Wildman–Crippen LogP) is 3.44. The Morgan fingerprint density at radius 3 is 3.14 bits per heavy atom. The highest BCUT2D eigenvalue weighted by molar-refractivity contribution is 5.87. The van der Waals surface area contributed by atoms with E-state index in [9.17, 15) is 4.79 Å². The van der Waals surface area contributed by atoms with Gasteiger partial charge in [0.2, 0.25) is 5.91 Å². The van der Waals surface area contributed by atoms with Crippen LogP contribution in [0.2, 0.25) is 0 Å². The largest absolute Gasteiger partial charge is 0.356 e. The molecular weight excluding hydrogens is 260 g/mol. The molecule has 1 amide bonds. The van der Waals surface area contributed by atoms with E-state index in [2.05, 4.69) is 34.3 Å². The average molecular weight is 284 g/mol. The lowest BCUT2D eigenvalue weighted by atomic mass is 10.0. The molecule has 0 saturated carbocycles. The van der Waals surface area contributed by atoms with Gasteiger partial charge in [0.05, 0.1) is 5.52 Å². The van der Waals surface area contributed by atoms with Crippen molar-refractivity contribution in [3.05, 3.63) is 35.5 Å². The fourth-order valence-corrected chi connectivity index (χ4v) is 3.35. The molecule has 1 aliphatic rings. The van der Waals surface area contributed by atoms with Crippen LogP contribution in [0.5, 0.6) is 0 Å². The Hall–Kier alpha value is -1.77. The number of aromatic nitrogens is 1. The number of benzene rings is 1. The molecule has 0 aliphatic carbocycles. The minimum Gasteiger partial charge on any atom is -0.356 e. The minimum absolute atomic E-state index is 0.181. The summed E-state index contributed by atoms with van der Waals surface area (Å²) in [5.74, 6) is 0.181. The van der Waals surface area contributed by atoms with Gasteiger partial charge in [-0.2, -0.15) is 0 Å². The molecule has 1 aromatic carbocycles. The van der Waals surface area contributed by atoms with Crippen LogP contribution in [0.25, 0.3) is 10.9 Å². The van der Waals surface area contributed by atoms with Crippen molar-refractivity contribution in [2.75, 3.05) is 6.54 Å². The standard InChI is InChI=1S/C18H24N2O/c1-2-6-17(21)19-11-4-8-15-13-20-12-5-9-14-7-3-10-16(15)18(14)20/h3,7,10,13H,2,4-6,8-9,11-12H2,1H3,(H,19,21). The quantitative estimate of drug-likeness (QED) is 0.810. The third-order valence-electron chi connectivity index (χ3n) is 4.33. The fourth-order valence-electron chi connectivity index (χ4n) is 3.35. The molecule has 3 nitrogen and oxygen atoms in total. The molecule has 2 heterocycles. The maximum absolute atomic E-state index is 11.5. The number of carbonyl (C=O) groups excluding carboxylic acids is 1. The van der Waals surface area contributed by atoms with E-state index in [4.69, 9.17) is 0 Å². The smallest absolute Gasteiger partial charge is 0.219 e. The third-order valence-corrected chi connectivity index (χ3v) is 4.33. The normalized spacial score (nSPS) is 13.6. The Balaban J connectivity index is 1.66. The van der Waals surface area contributed by atoms with Crippen molar-refractivity contribution in [3.63, 3.8) is 0 Å². The van der Waals surface area contributed by atoms with E-state index >= 15 is 0 Å². The summed E-state index contributed by atoms with van der Waals surface area (Å²) in [4.78, 5) is 11.5. The van der Waals surface area contributed by atoms with E-state index in [-0.39, 0.29) is 5.91 Å². The van der Waals surface area contributed by atoms with Crippen LogP contribution in [0.3, 0.4) is 0 Å². The fraction of sp³-hybridized carbons (Fsp3) is 0.500.